The molecule has 0 aliphatic heterocycles. The van der Waals surface area contributed by atoms with E-state index in [1.165, 1.54) is 5.56 Å². The van der Waals surface area contributed by atoms with Crippen LogP contribution in [-0.4, -0.2) is 23.9 Å². The Labute approximate surface area is 134 Å². The molecule has 5 heteroatoms. The lowest BCUT2D eigenvalue weighted by atomic mass is 10.0. The van der Waals surface area contributed by atoms with Crippen LogP contribution in [0.4, 0.5) is 0 Å². The van der Waals surface area contributed by atoms with Crippen molar-refractivity contribution in [2.45, 2.75) is 32.4 Å². The normalized spacial score (nSPS) is 12.7. The third-order valence-corrected chi connectivity index (χ3v) is 4.34. The van der Waals surface area contributed by atoms with Gasteiger partial charge in [-0.05, 0) is 38.9 Å². The highest BCUT2D eigenvalue weighted by molar-refractivity contribution is 9.10. The number of rotatable bonds is 6. The fourth-order valence-corrected chi connectivity index (χ4v) is 2.92. The van der Waals surface area contributed by atoms with Crippen molar-refractivity contribution in [3.8, 4) is 5.75 Å². The van der Waals surface area contributed by atoms with Crippen molar-refractivity contribution in [1.82, 2.24) is 15.1 Å². The zero-order valence-corrected chi connectivity index (χ0v) is 14.5. The van der Waals surface area contributed by atoms with E-state index in [2.05, 4.69) is 58.4 Å². The van der Waals surface area contributed by atoms with E-state index in [4.69, 9.17) is 4.74 Å². The Morgan fingerprint density at radius 3 is 2.62 bits per heavy atom. The number of likely N-dealkylation sites (N-methyl/N-ethyl adjacent to an activating group) is 1. The molecule has 0 fully saturated rings. The topological polar surface area (TPSA) is 39.1 Å². The predicted molar refractivity (Wildman–Crippen MR) is 88.8 cm³/mol. The minimum Gasteiger partial charge on any atom is -0.493 e. The lowest BCUT2D eigenvalue weighted by Crippen LogP contribution is -2.24. The second kappa shape index (κ2) is 7.09. The Bertz CT molecular complexity index is 595. The van der Waals surface area contributed by atoms with Crippen LogP contribution >= 0.6 is 15.9 Å². The van der Waals surface area contributed by atoms with Gasteiger partial charge in [0, 0.05) is 10.5 Å². The van der Waals surface area contributed by atoms with Gasteiger partial charge in [-0.2, -0.15) is 5.10 Å². The Kier molecular flexibility index (Phi) is 5.42. The molecule has 1 N–H and O–H groups in total. The van der Waals surface area contributed by atoms with Crippen LogP contribution in [0.1, 0.15) is 37.2 Å². The number of hydrogen-bond donors (Lipinski definition) is 1. The number of aromatic nitrogens is 2. The van der Waals surface area contributed by atoms with Crippen LogP contribution in [0, 0.1) is 0 Å². The van der Waals surface area contributed by atoms with Crippen LogP contribution in [0.5, 0.6) is 5.75 Å². The summed E-state index contributed by atoms with van der Waals surface area (Å²) in [6, 6.07) is 8.73. The standard InChI is InChI=1S/C16H22BrN3O/c1-11(2)20-16(15(21-4)10-19-20)14(18-3)9-12-7-5-6-8-13(12)17/h5-8,10-11,14,18H,9H2,1-4H3. The number of nitrogens with zero attached hydrogens (tertiary/aromatic N) is 2. The molecule has 0 aliphatic carbocycles. The van der Waals surface area contributed by atoms with Crippen LogP contribution in [0.25, 0.3) is 0 Å². The molecular formula is C16H22BrN3O. The van der Waals surface area contributed by atoms with Gasteiger partial charge in [-0.25, -0.2) is 0 Å². The van der Waals surface area contributed by atoms with Crippen molar-refractivity contribution in [3.63, 3.8) is 0 Å². The Balaban J connectivity index is 2.37. The van der Waals surface area contributed by atoms with Crippen molar-refractivity contribution < 1.29 is 4.74 Å². The predicted octanol–water partition coefficient (Wildman–Crippen LogP) is 3.74. The van der Waals surface area contributed by atoms with Crippen molar-refractivity contribution >= 4 is 15.9 Å². The maximum atomic E-state index is 5.49. The highest BCUT2D eigenvalue weighted by atomic mass is 79.9. The average molecular weight is 352 g/mol. The lowest BCUT2D eigenvalue weighted by Gasteiger charge is -2.21. The number of hydrogen-bond acceptors (Lipinski definition) is 3. The molecule has 0 saturated carbocycles. The number of methoxy groups -OCH3 is 1. The van der Waals surface area contributed by atoms with E-state index >= 15 is 0 Å². The summed E-state index contributed by atoms with van der Waals surface area (Å²) in [6.45, 7) is 4.25. The summed E-state index contributed by atoms with van der Waals surface area (Å²) in [7, 11) is 3.66. The van der Waals surface area contributed by atoms with Crippen molar-refractivity contribution in [2.75, 3.05) is 14.2 Å². The summed E-state index contributed by atoms with van der Waals surface area (Å²) < 4.78 is 8.64. The largest absolute Gasteiger partial charge is 0.493 e. The van der Waals surface area contributed by atoms with Gasteiger partial charge < -0.3 is 10.1 Å². The molecule has 1 aromatic carbocycles. The van der Waals surface area contributed by atoms with Crippen LogP contribution in [0.3, 0.4) is 0 Å². The summed E-state index contributed by atoms with van der Waals surface area (Å²) in [6.07, 6.45) is 2.66. The number of halogens is 1. The van der Waals surface area contributed by atoms with Gasteiger partial charge in [0.05, 0.1) is 25.0 Å². The maximum absolute atomic E-state index is 5.49. The molecule has 1 heterocycles. The molecule has 0 spiro atoms. The molecule has 0 amide bonds. The van der Waals surface area contributed by atoms with E-state index in [0.717, 1.165) is 22.3 Å². The van der Waals surface area contributed by atoms with Crippen LogP contribution in [0.15, 0.2) is 34.9 Å². The Hall–Kier alpha value is -1.33. The Morgan fingerprint density at radius 1 is 1.33 bits per heavy atom. The summed E-state index contributed by atoms with van der Waals surface area (Å²) >= 11 is 3.62. The molecule has 21 heavy (non-hydrogen) atoms. The first-order chi connectivity index (χ1) is 10.1. The number of benzene rings is 1. The van der Waals surface area contributed by atoms with Crippen molar-refractivity contribution in [3.05, 3.63) is 46.2 Å². The van der Waals surface area contributed by atoms with Gasteiger partial charge in [0.2, 0.25) is 0 Å². The van der Waals surface area contributed by atoms with E-state index in [9.17, 15) is 0 Å². The van der Waals surface area contributed by atoms with Gasteiger partial charge in [0.25, 0.3) is 0 Å². The summed E-state index contributed by atoms with van der Waals surface area (Å²) in [4.78, 5) is 0. The molecule has 0 aliphatic rings. The molecular weight excluding hydrogens is 330 g/mol. The first-order valence-electron chi connectivity index (χ1n) is 7.10. The van der Waals surface area contributed by atoms with Gasteiger partial charge in [0.1, 0.15) is 0 Å². The van der Waals surface area contributed by atoms with Gasteiger partial charge in [-0.1, -0.05) is 34.1 Å². The van der Waals surface area contributed by atoms with Crippen LogP contribution < -0.4 is 10.1 Å². The quantitative estimate of drug-likeness (QED) is 0.861. The highest BCUT2D eigenvalue weighted by Gasteiger charge is 2.23. The third-order valence-electron chi connectivity index (χ3n) is 3.57. The molecule has 114 valence electrons. The summed E-state index contributed by atoms with van der Waals surface area (Å²) in [5.74, 6) is 0.829. The van der Waals surface area contributed by atoms with Gasteiger partial charge in [-0.3, -0.25) is 4.68 Å². The molecule has 0 saturated heterocycles. The summed E-state index contributed by atoms with van der Waals surface area (Å²) in [5.41, 5.74) is 2.35. The van der Waals surface area contributed by atoms with Crippen molar-refractivity contribution in [2.24, 2.45) is 0 Å². The third kappa shape index (κ3) is 3.47. The van der Waals surface area contributed by atoms with Crippen LogP contribution in [-0.2, 0) is 6.42 Å². The van der Waals surface area contributed by atoms with Gasteiger partial charge in [-0.15, -0.1) is 0 Å². The SMILES string of the molecule is CNC(Cc1ccccc1Br)c1c(OC)cnn1C(C)C. The van der Waals surface area contributed by atoms with E-state index < -0.39 is 0 Å². The number of nitrogens with one attached hydrogen (secondary N) is 1. The average Bonchev–Trinajstić information content (AvgIpc) is 2.90. The van der Waals surface area contributed by atoms with Crippen LogP contribution in [0.2, 0.25) is 0 Å². The first-order valence-corrected chi connectivity index (χ1v) is 7.89. The monoisotopic (exact) mass is 351 g/mol. The lowest BCUT2D eigenvalue weighted by molar-refractivity contribution is 0.388. The van der Waals surface area contributed by atoms with E-state index in [-0.39, 0.29) is 6.04 Å². The molecule has 0 bridgehead atoms. The maximum Gasteiger partial charge on any atom is 0.161 e. The molecule has 1 atom stereocenters. The molecule has 1 aromatic heterocycles. The molecule has 2 aromatic rings. The highest BCUT2D eigenvalue weighted by Crippen LogP contribution is 2.31. The van der Waals surface area contributed by atoms with E-state index in [1.807, 2.05) is 17.8 Å². The molecule has 1 unspecified atom stereocenters. The number of ether oxygens (including phenoxy) is 1. The minimum absolute atomic E-state index is 0.142. The second-order valence-electron chi connectivity index (χ2n) is 5.27. The Morgan fingerprint density at radius 2 is 2.05 bits per heavy atom. The molecule has 2 rings (SSSR count). The van der Waals surface area contributed by atoms with Gasteiger partial charge in [0.15, 0.2) is 5.75 Å². The fourth-order valence-electron chi connectivity index (χ4n) is 2.48. The fraction of sp³-hybridized carbons (Fsp3) is 0.438. The minimum atomic E-state index is 0.142. The molecule has 0 radical (unpaired) electrons. The van der Waals surface area contributed by atoms with E-state index in [1.54, 1.807) is 13.3 Å². The van der Waals surface area contributed by atoms with E-state index in [0.29, 0.717) is 6.04 Å². The first kappa shape index (κ1) is 16.0. The summed E-state index contributed by atoms with van der Waals surface area (Å²) in [5, 5.41) is 7.85. The molecule has 4 nitrogen and oxygen atoms in total. The zero-order chi connectivity index (χ0) is 15.4. The van der Waals surface area contributed by atoms with Gasteiger partial charge >= 0.3 is 0 Å². The smallest absolute Gasteiger partial charge is 0.161 e. The zero-order valence-electron chi connectivity index (χ0n) is 12.9. The second-order valence-corrected chi connectivity index (χ2v) is 6.13. The van der Waals surface area contributed by atoms with Crippen molar-refractivity contribution in [1.29, 1.82) is 0 Å².